The first-order chi connectivity index (χ1) is 0. The molecule has 0 radical (unpaired) electrons. The molecule has 0 nitrogen and oxygen atoms in total. The van der Waals surface area contributed by atoms with Gasteiger partial charge in [0.15, 0.2) is 0 Å². The van der Waals surface area contributed by atoms with Crippen LogP contribution in [0.4, 0.5) is 0 Å². The first-order valence-electron chi connectivity index (χ1n) is 0. The molecule has 0 aliphatic rings. The van der Waals surface area contributed by atoms with E-state index >= 15 is 0 Å². The van der Waals surface area contributed by atoms with Gasteiger partial charge in [0.05, 0.1) is 0 Å². The van der Waals surface area contributed by atoms with E-state index in [9.17, 15) is 0 Å². The van der Waals surface area contributed by atoms with E-state index in [4.69, 9.17) is 0 Å². The minimum atomic E-state index is 0. The molecule has 0 saturated carbocycles. The summed E-state index contributed by atoms with van der Waals surface area (Å²) in [6.45, 7) is 0. The molecule has 0 heterocycles. The topological polar surface area (TPSA) is 0 Å². The third-order valence-corrected chi connectivity index (χ3v) is 0. The molecule has 8 heteroatoms. The SMILES string of the molecule is [Cl-].[Cl-].[Cl-].[Cl-].[Cl-].[Cl-].[Cl-].[Mg+2]. The molecule has 0 rings (SSSR count). The van der Waals surface area contributed by atoms with Crippen molar-refractivity contribution in [2.75, 3.05) is 0 Å². The van der Waals surface area contributed by atoms with Gasteiger partial charge in [0.1, 0.15) is 0 Å². The molecule has 0 aliphatic carbocycles. The van der Waals surface area contributed by atoms with Crippen molar-refractivity contribution in [1.82, 2.24) is 0 Å². The molecule has 0 aliphatic heterocycles. The van der Waals surface area contributed by atoms with E-state index in [-0.39, 0.29) is 110 Å². The quantitative estimate of drug-likeness (QED) is 0.384. The molecular formula is Cl7Mg-5. The van der Waals surface area contributed by atoms with Gasteiger partial charge < -0.3 is 86.8 Å². The Morgan fingerprint density at radius 2 is 0.250 bits per heavy atom. The molecule has 0 saturated heterocycles. The predicted molar refractivity (Wildman–Crippen MR) is 5.75 cm³/mol. The van der Waals surface area contributed by atoms with Crippen LogP contribution in [0.25, 0.3) is 0 Å². The van der Waals surface area contributed by atoms with E-state index in [1.54, 1.807) is 0 Å². The maximum atomic E-state index is 0. The van der Waals surface area contributed by atoms with Crippen molar-refractivity contribution in [3.8, 4) is 0 Å². The minimum Gasteiger partial charge on any atom is -1.00 e. The second kappa shape index (κ2) is 96.9. The number of hydrogen-bond donors (Lipinski definition) is 0. The van der Waals surface area contributed by atoms with Gasteiger partial charge >= 0.3 is 23.1 Å². The van der Waals surface area contributed by atoms with Crippen LogP contribution >= 0.6 is 0 Å². The van der Waals surface area contributed by atoms with Gasteiger partial charge in [-0.05, 0) is 0 Å². The fraction of sp³-hybridized carbons (Fsp3) is 0. The molecule has 0 atom stereocenters. The molecule has 0 unspecified atom stereocenters. The summed E-state index contributed by atoms with van der Waals surface area (Å²) >= 11 is 0. The molecule has 0 fully saturated rings. The monoisotopic (exact) mass is 269 g/mol. The molecule has 0 bridgehead atoms. The van der Waals surface area contributed by atoms with E-state index in [0.29, 0.717) is 0 Å². The zero-order chi connectivity index (χ0) is 0. The van der Waals surface area contributed by atoms with Crippen LogP contribution in [0.15, 0.2) is 0 Å². The van der Waals surface area contributed by atoms with Crippen molar-refractivity contribution in [2.24, 2.45) is 0 Å². The molecule has 0 amide bonds. The van der Waals surface area contributed by atoms with Gasteiger partial charge in [0, 0.05) is 0 Å². The Morgan fingerprint density at radius 3 is 0.250 bits per heavy atom. The maximum absolute atomic E-state index is 0. The Labute approximate surface area is 109 Å². The molecule has 0 aromatic carbocycles. The average Bonchev–Trinajstić information content (AvgIpc) is 0. The summed E-state index contributed by atoms with van der Waals surface area (Å²) in [6, 6.07) is 0. The van der Waals surface area contributed by atoms with E-state index < -0.39 is 0 Å². The van der Waals surface area contributed by atoms with E-state index in [1.165, 1.54) is 0 Å². The van der Waals surface area contributed by atoms with Gasteiger partial charge in [-0.15, -0.1) is 0 Å². The average molecular weight is 272 g/mol. The van der Waals surface area contributed by atoms with Crippen LogP contribution in [0.1, 0.15) is 0 Å². The van der Waals surface area contributed by atoms with Gasteiger partial charge in [0.25, 0.3) is 0 Å². The summed E-state index contributed by atoms with van der Waals surface area (Å²) in [5.74, 6) is 0. The maximum Gasteiger partial charge on any atom is 2.00 e. The predicted octanol–water partition coefficient (Wildman–Crippen LogP) is -21.4. The van der Waals surface area contributed by atoms with Crippen molar-refractivity contribution < 1.29 is 86.8 Å². The van der Waals surface area contributed by atoms with Crippen LogP contribution in [-0.2, 0) is 0 Å². The van der Waals surface area contributed by atoms with Crippen molar-refractivity contribution >= 4 is 23.1 Å². The molecule has 0 N–H and O–H groups in total. The second-order valence-corrected chi connectivity index (χ2v) is 0. The van der Waals surface area contributed by atoms with Gasteiger partial charge in [0.2, 0.25) is 0 Å². The Kier molecular flexibility index (Phi) is 1610. The molecule has 56 valence electrons. The van der Waals surface area contributed by atoms with Crippen LogP contribution in [0.3, 0.4) is 0 Å². The first-order valence-corrected chi connectivity index (χ1v) is 0. The normalized spacial score (nSPS) is 0. The number of hydrogen-bond acceptors (Lipinski definition) is 0. The van der Waals surface area contributed by atoms with E-state index in [2.05, 4.69) is 0 Å². The van der Waals surface area contributed by atoms with Crippen molar-refractivity contribution in [1.29, 1.82) is 0 Å². The summed E-state index contributed by atoms with van der Waals surface area (Å²) in [4.78, 5) is 0. The van der Waals surface area contributed by atoms with Gasteiger partial charge in [-0.1, -0.05) is 0 Å². The molecule has 8 heavy (non-hydrogen) atoms. The van der Waals surface area contributed by atoms with Crippen molar-refractivity contribution in [3.63, 3.8) is 0 Å². The summed E-state index contributed by atoms with van der Waals surface area (Å²) < 4.78 is 0. The first kappa shape index (κ1) is 133. The molecule has 0 spiro atoms. The smallest absolute Gasteiger partial charge is 1.00 e. The van der Waals surface area contributed by atoms with Crippen LogP contribution in [0, 0.1) is 0 Å². The van der Waals surface area contributed by atoms with Crippen molar-refractivity contribution in [3.05, 3.63) is 0 Å². The number of halogens is 7. The van der Waals surface area contributed by atoms with Crippen LogP contribution < -0.4 is 86.8 Å². The summed E-state index contributed by atoms with van der Waals surface area (Å²) in [5, 5.41) is 0. The number of rotatable bonds is 0. The zero-order valence-corrected chi connectivity index (χ0v) is 10.1. The Balaban J connectivity index is 0. The Bertz CT molecular complexity index is 4.35. The van der Waals surface area contributed by atoms with Gasteiger partial charge in [-0.3, -0.25) is 0 Å². The van der Waals surface area contributed by atoms with Crippen LogP contribution in [0.5, 0.6) is 0 Å². The summed E-state index contributed by atoms with van der Waals surface area (Å²) in [6.07, 6.45) is 0. The van der Waals surface area contributed by atoms with E-state index in [0.717, 1.165) is 0 Å². The summed E-state index contributed by atoms with van der Waals surface area (Å²) in [5.41, 5.74) is 0. The van der Waals surface area contributed by atoms with Gasteiger partial charge in [-0.25, -0.2) is 0 Å². The molecule has 0 aromatic heterocycles. The Morgan fingerprint density at radius 1 is 0.250 bits per heavy atom. The standard InChI is InChI=1S/7ClH.Mg/h7*1H;/q;;;;;;;+2/p-7. The minimum absolute atomic E-state index is 0. The summed E-state index contributed by atoms with van der Waals surface area (Å²) in [7, 11) is 0. The fourth-order valence-electron chi connectivity index (χ4n) is 0. The molecular weight excluding hydrogens is 272 g/mol. The molecule has 0 aromatic rings. The van der Waals surface area contributed by atoms with Crippen molar-refractivity contribution in [2.45, 2.75) is 0 Å². The zero-order valence-electron chi connectivity index (χ0n) is 3.35. The van der Waals surface area contributed by atoms with E-state index in [1.807, 2.05) is 0 Å². The van der Waals surface area contributed by atoms with Crippen LogP contribution in [0.2, 0.25) is 0 Å². The third-order valence-electron chi connectivity index (χ3n) is 0. The van der Waals surface area contributed by atoms with Gasteiger partial charge in [-0.2, -0.15) is 0 Å². The van der Waals surface area contributed by atoms with Crippen LogP contribution in [-0.4, -0.2) is 23.1 Å². The second-order valence-electron chi connectivity index (χ2n) is 0. The largest absolute Gasteiger partial charge is 2.00 e. The fourth-order valence-corrected chi connectivity index (χ4v) is 0. The third kappa shape index (κ3) is 68.4. The Hall–Kier alpha value is 2.80.